The summed E-state index contributed by atoms with van der Waals surface area (Å²) >= 11 is 0. The van der Waals surface area contributed by atoms with Crippen molar-refractivity contribution in [3.05, 3.63) is 47.9 Å². The molecule has 0 saturated carbocycles. The Morgan fingerprint density at radius 1 is 1.33 bits per heavy atom. The molecule has 3 rings (SSSR count). The first-order valence-corrected chi connectivity index (χ1v) is 6.45. The Morgan fingerprint density at radius 2 is 2.05 bits per heavy atom. The van der Waals surface area contributed by atoms with E-state index in [4.69, 9.17) is 0 Å². The first-order chi connectivity index (χ1) is 10.1. The highest BCUT2D eigenvalue weighted by Gasteiger charge is 2.25. The van der Waals surface area contributed by atoms with Crippen molar-refractivity contribution < 1.29 is 9.90 Å². The minimum atomic E-state index is -1.01. The van der Waals surface area contributed by atoms with Crippen LogP contribution in [0.15, 0.2) is 42.4 Å². The Labute approximate surface area is 121 Å². The van der Waals surface area contributed by atoms with Gasteiger partial charge in [0.25, 0.3) is 0 Å². The number of benzene rings is 1. The minimum absolute atomic E-state index is 0.109. The molecule has 2 heterocycles. The highest BCUT2D eigenvalue weighted by molar-refractivity contribution is 5.90. The van der Waals surface area contributed by atoms with E-state index in [0.29, 0.717) is 5.95 Å². The smallest absolute Gasteiger partial charge is 0.352 e. The number of nitrogens with one attached hydrogen (secondary N) is 1. The summed E-state index contributed by atoms with van der Waals surface area (Å²) in [6, 6.07) is 7.62. The van der Waals surface area contributed by atoms with Crippen molar-refractivity contribution >= 4 is 17.6 Å². The normalized spacial score (nSPS) is 16.7. The zero-order chi connectivity index (χ0) is 15.0. The van der Waals surface area contributed by atoms with E-state index in [1.54, 1.807) is 10.8 Å². The van der Waals surface area contributed by atoms with Crippen LogP contribution in [-0.4, -0.2) is 39.9 Å². The summed E-state index contributed by atoms with van der Waals surface area (Å²) < 4.78 is 1.66. The monoisotopic (exact) mass is 285 g/mol. The van der Waals surface area contributed by atoms with E-state index in [1.165, 1.54) is 6.33 Å². The van der Waals surface area contributed by atoms with Crippen molar-refractivity contribution in [1.29, 1.82) is 0 Å². The van der Waals surface area contributed by atoms with E-state index in [9.17, 15) is 9.90 Å². The molecule has 0 spiro atoms. The van der Waals surface area contributed by atoms with Crippen LogP contribution < -0.4 is 10.2 Å². The molecule has 1 aromatic heterocycles. The molecule has 2 N–H and O–H groups in total. The van der Waals surface area contributed by atoms with Gasteiger partial charge in [-0.1, -0.05) is 12.1 Å². The number of aliphatic carboxylic acids is 1. The summed E-state index contributed by atoms with van der Waals surface area (Å²) in [5, 5.41) is 16.1. The molecule has 21 heavy (non-hydrogen) atoms. The number of nitrogens with zero attached hydrogens (tertiary/aromatic N) is 4. The lowest BCUT2D eigenvalue weighted by molar-refractivity contribution is -0.132. The summed E-state index contributed by atoms with van der Waals surface area (Å²) in [4.78, 5) is 17.3. The highest BCUT2D eigenvalue weighted by atomic mass is 16.4. The molecule has 0 bridgehead atoms. The fourth-order valence-corrected chi connectivity index (χ4v) is 2.27. The van der Waals surface area contributed by atoms with Gasteiger partial charge >= 0.3 is 5.97 Å². The van der Waals surface area contributed by atoms with E-state index in [0.717, 1.165) is 11.3 Å². The third-order valence-electron chi connectivity index (χ3n) is 3.39. The topological polar surface area (TPSA) is 83.3 Å². The molecule has 0 radical (unpaired) electrons. The second-order valence-electron chi connectivity index (χ2n) is 4.97. The molecule has 2 aromatic rings. The fraction of sp³-hybridized carbons (Fsp3) is 0.214. The van der Waals surface area contributed by atoms with Crippen LogP contribution in [0.5, 0.6) is 0 Å². The van der Waals surface area contributed by atoms with Gasteiger partial charge in [0, 0.05) is 19.8 Å². The van der Waals surface area contributed by atoms with Gasteiger partial charge in [-0.3, -0.25) is 0 Å². The Balaban J connectivity index is 2.02. The average molecular weight is 285 g/mol. The Bertz CT molecular complexity index is 702. The molecule has 0 fully saturated rings. The largest absolute Gasteiger partial charge is 0.477 e. The molecule has 0 amide bonds. The lowest BCUT2D eigenvalue weighted by atomic mass is 10.0. The number of anilines is 2. The summed E-state index contributed by atoms with van der Waals surface area (Å²) in [5.41, 5.74) is 2.14. The van der Waals surface area contributed by atoms with Crippen LogP contribution in [0.1, 0.15) is 11.6 Å². The molecule has 1 atom stereocenters. The molecular weight excluding hydrogens is 270 g/mol. The van der Waals surface area contributed by atoms with Crippen LogP contribution in [0.3, 0.4) is 0 Å². The first-order valence-electron chi connectivity index (χ1n) is 6.45. The molecule has 1 aromatic carbocycles. The highest BCUT2D eigenvalue weighted by Crippen LogP contribution is 2.29. The van der Waals surface area contributed by atoms with Crippen molar-refractivity contribution in [2.45, 2.75) is 6.04 Å². The van der Waals surface area contributed by atoms with Crippen LogP contribution in [0.4, 0.5) is 11.6 Å². The summed E-state index contributed by atoms with van der Waals surface area (Å²) in [6.07, 6.45) is 3.04. The zero-order valence-electron chi connectivity index (χ0n) is 11.7. The maximum Gasteiger partial charge on any atom is 0.352 e. The van der Waals surface area contributed by atoms with Crippen molar-refractivity contribution in [3.63, 3.8) is 0 Å². The molecule has 7 heteroatoms. The van der Waals surface area contributed by atoms with Gasteiger partial charge < -0.3 is 15.3 Å². The molecule has 1 aliphatic rings. The summed E-state index contributed by atoms with van der Waals surface area (Å²) in [5.74, 6) is -0.587. The second kappa shape index (κ2) is 4.93. The van der Waals surface area contributed by atoms with E-state index < -0.39 is 5.97 Å². The standard InChI is InChI=1S/C14H15N5O2/c1-18(2)10-5-3-9(4-6-10)12-7-11(13(20)21)17-14-15-8-16-19(12)14/h3-8,12H,1-2H3,(H,20,21)(H,15,16,17). The Morgan fingerprint density at radius 3 is 2.67 bits per heavy atom. The SMILES string of the molecule is CN(C)c1ccc(C2C=C(C(=O)O)Nc3ncnn32)cc1. The van der Waals surface area contributed by atoms with Crippen molar-refractivity contribution in [3.8, 4) is 0 Å². The predicted octanol–water partition coefficient (Wildman–Crippen LogP) is 1.33. The molecule has 0 saturated heterocycles. The van der Waals surface area contributed by atoms with Crippen LogP contribution >= 0.6 is 0 Å². The lowest BCUT2D eigenvalue weighted by Gasteiger charge is -2.23. The quantitative estimate of drug-likeness (QED) is 0.885. The van der Waals surface area contributed by atoms with Crippen LogP contribution in [-0.2, 0) is 4.79 Å². The first kappa shape index (κ1) is 13.2. The molecule has 7 nitrogen and oxygen atoms in total. The third kappa shape index (κ3) is 2.33. The van der Waals surface area contributed by atoms with E-state index in [1.807, 2.05) is 43.3 Å². The molecule has 1 aliphatic heterocycles. The average Bonchev–Trinajstić information content (AvgIpc) is 2.94. The number of carboxylic acid groups (broad SMARTS) is 1. The minimum Gasteiger partial charge on any atom is -0.477 e. The number of aromatic nitrogens is 3. The predicted molar refractivity (Wildman–Crippen MR) is 78.3 cm³/mol. The van der Waals surface area contributed by atoms with Crippen molar-refractivity contribution in [2.75, 3.05) is 24.3 Å². The molecular formula is C14H15N5O2. The fourth-order valence-electron chi connectivity index (χ4n) is 2.27. The lowest BCUT2D eigenvalue weighted by Crippen LogP contribution is -2.24. The van der Waals surface area contributed by atoms with E-state index in [-0.39, 0.29) is 11.7 Å². The van der Waals surface area contributed by atoms with Gasteiger partial charge in [-0.15, -0.1) is 0 Å². The number of hydrogen-bond acceptors (Lipinski definition) is 5. The van der Waals surface area contributed by atoms with Gasteiger partial charge in [0.1, 0.15) is 18.1 Å². The number of rotatable bonds is 3. The maximum absolute atomic E-state index is 11.2. The van der Waals surface area contributed by atoms with Gasteiger partial charge in [-0.2, -0.15) is 10.1 Å². The molecule has 1 unspecified atom stereocenters. The van der Waals surface area contributed by atoms with Crippen LogP contribution in [0.25, 0.3) is 0 Å². The van der Waals surface area contributed by atoms with E-state index in [2.05, 4.69) is 15.4 Å². The summed E-state index contributed by atoms with van der Waals surface area (Å²) in [6.45, 7) is 0. The zero-order valence-corrected chi connectivity index (χ0v) is 11.7. The summed E-state index contributed by atoms with van der Waals surface area (Å²) in [7, 11) is 3.94. The van der Waals surface area contributed by atoms with Gasteiger partial charge in [0.15, 0.2) is 0 Å². The van der Waals surface area contributed by atoms with Crippen LogP contribution in [0, 0.1) is 0 Å². The van der Waals surface area contributed by atoms with Crippen molar-refractivity contribution in [2.24, 2.45) is 0 Å². The van der Waals surface area contributed by atoms with E-state index >= 15 is 0 Å². The Hall–Kier alpha value is -2.83. The number of fused-ring (bicyclic) bond motifs is 1. The Kier molecular flexibility index (Phi) is 3.09. The van der Waals surface area contributed by atoms with Gasteiger partial charge in [0.05, 0.1) is 0 Å². The third-order valence-corrected chi connectivity index (χ3v) is 3.39. The maximum atomic E-state index is 11.2. The number of carboxylic acids is 1. The number of hydrogen-bond donors (Lipinski definition) is 2. The van der Waals surface area contributed by atoms with Gasteiger partial charge in [0.2, 0.25) is 5.95 Å². The van der Waals surface area contributed by atoms with Crippen molar-refractivity contribution in [1.82, 2.24) is 14.8 Å². The second-order valence-corrected chi connectivity index (χ2v) is 4.97. The number of allylic oxidation sites excluding steroid dienone is 1. The van der Waals surface area contributed by atoms with Crippen LogP contribution in [0.2, 0.25) is 0 Å². The molecule has 0 aliphatic carbocycles. The number of carbonyl (C=O) groups is 1. The van der Waals surface area contributed by atoms with Gasteiger partial charge in [-0.05, 0) is 23.8 Å². The van der Waals surface area contributed by atoms with Gasteiger partial charge in [-0.25, -0.2) is 9.48 Å². The molecule has 108 valence electrons.